The molecule has 0 rings (SSSR count). The standard InChI is InChI=1S/C20H32O4/c1-2-3-4-5-6-7-8-9-10-11-12-13-14-15-16-17-18-19(21)20(22)24-23/h12-18,21,23H,2-11H2,1H3. The molecular formula is C20H32O4. The van der Waals surface area contributed by atoms with E-state index in [4.69, 9.17) is 10.4 Å². The molecule has 0 amide bonds. The Kier molecular flexibility index (Phi) is 16.2. The van der Waals surface area contributed by atoms with Gasteiger partial charge in [0, 0.05) is 0 Å². The highest BCUT2D eigenvalue weighted by Crippen LogP contribution is 2.10. The summed E-state index contributed by atoms with van der Waals surface area (Å²) in [6.07, 6.45) is 25.3. The third-order valence-corrected chi connectivity index (χ3v) is 3.60. The number of carbonyl (C=O) groups is 1. The van der Waals surface area contributed by atoms with Gasteiger partial charge in [-0.25, -0.2) is 4.79 Å². The zero-order valence-electron chi connectivity index (χ0n) is 14.8. The van der Waals surface area contributed by atoms with Crippen molar-refractivity contribution in [1.82, 2.24) is 0 Å². The first-order valence-electron chi connectivity index (χ1n) is 8.97. The first-order valence-corrected chi connectivity index (χ1v) is 8.97. The second-order valence-electron chi connectivity index (χ2n) is 5.75. The molecule has 0 aliphatic rings. The van der Waals surface area contributed by atoms with Gasteiger partial charge in [-0.3, -0.25) is 4.89 Å². The summed E-state index contributed by atoms with van der Waals surface area (Å²) in [4.78, 5) is 14.0. The van der Waals surface area contributed by atoms with Crippen LogP contribution in [-0.4, -0.2) is 16.3 Å². The summed E-state index contributed by atoms with van der Waals surface area (Å²) >= 11 is 0. The molecule has 0 aromatic heterocycles. The Balaban J connectivity index is 3.53. The summed E-state index contributed by atoms with van der Waals surface area (Å²) < 4.78 is 0. The summed E-state index contributed by atoms with van der Waals surface area (Å²) in [7, 11) is 0. The van der Waals surface area contributed by atoms with Crippen molar-refractivity contribution in [1.29, 1.82) is 0 Å². The number of rotatable bonds is 14. The van der Waals surface area contributed by atoms with Gasteiger partial charge in [0.1, 0.15) is 0 Å². The van der Waals surface area contributed by atoms with Crippen molar-refractivity contribution in [3.05, 3.63) is 48.3 Å². The Bertz CT molecular complexity index is 419. The molecule has 0 aromatic rings. The number of hydrogen-bond donors (Lipinski definition) is 2. The quantitative estimate of drug-likeness (QED) is 0.101. The lowest BCUT2D eigenvalue weighted by Crippen LogP contribution is -2.03. The van der Waals surface area contributed by atoms with Crippen molar-refractivity contribution in [2.75, 3.05) is 0 Å². The number of aliphatic hydroxyl groups excluding tert-OH is 1. The van der Waals surface area contributed by atoms with E-state index in [1.807, 2.05) is 12.2 Å². The number of carbonyl (C=O) groups excluding carboxylic acids is 1. The number of unbranched alkanes of at least 4 members (excludes halogenated alkanes) is 9. The summed E-state index contributed by atoms with van der Waals surface area (Å²) in [6, 6.07) is 0. The van der Waals surface area contributed by atoms with Crippen LogP contribution in [0.4, 0.5) is 0 Å². The predicted molar refractivity (Wildman–Crippen MR) is 98.7 cm³/mol. The van der Waals surface area contributed by atoms with Crippen molar-refractivity contribution in [3.63, 3.8) is 0 Å². The fourth-order valence-electron chi connectivity index (χ4n) is 2.20. The molecule has 0 saturated carbocycles. The highest BCUT2D eigenvalue weighted by Gasteiger charge is 2.05. The molecule has 0 aliphatic heterocycles. The van der Waals surface area contributed by atoms with E-state index in [9.17, 15) is 4.79 Å². The van der Waals surface area contributed by atoms with Gasteiger partial charge < -0.3 is 5.11 Å². The van der Waals surface area contributed by atoms with E-state index in [1.165, 1.54) is 63.9 Å². The van der Waals surface area contributed by atoms with Gasteiger partial charge in [-0.2, -0.15) is 5.26 Å². The highest BCUT2D eigenvalue weighted by atomic mass is 17.1. The van der Waals surface area contributed by atoms with Gasteiger partial charge in [-0.1, -0.05) is 94.7 Å². The summed E-state index contributed by atoms with van der Waals surface area (Å²) in [5, 5.41) is 17.1. The number of aliphatic hydroxyl groups is 1. The van der Waals surface area contributed by atoms with Crippen LogP contribution in [0.25, 0.3) is 0 Å². The minimum absolute atomic E-state index is 0.650. The fourth-order valence-corrected chi connectivity index (χ4v) is 2.20. The normalized spacial score (nSPS) is 12.7. The Labute approximate surface area is 146 Å². The van der Waals surface area contributed by atoms with Crippen molar-refractivity contribution >= 4 is 5.97 Å². The lowest BCUT2D eigenvalue weighted by molar-refractivity contribution is -0.232. The Hall–Kier alpha value is -1.81. The molecule has 4 heteroatoms. The average Bonchev–Trinajstić information content (AvgIpc) is 2.60. The van der Waals surface area contributed by atoms with Crippen molar-refractivity contribution in [3.8, 4) is 0 Å². The largest absolute Gasteiger partial charge is 0.502 e. The zero-order valence-corrected chi connectivity index (χ0v) is 14.8. The molecule has 0 fully saturated rings. The first-order chi connectivity index (χ1) is 11.7. The zero-order chi connectivity index (χ0) is 17.9. The molecule has 0 bridgehead atoms. The molecule has 0 heterocycles. The van der Waals surface area contributed by atoms with E-state index in [2.05, 4.69) is 17.9 Å². The summed E-state index contributed by atoms with van der Waals surface area (Å²) in [6.45, 7) is 2.25. The Morgan fingerprint density at radius 2 is 1.38 bits per heavy atom. The molecule has 24 heavy (non-hydrogen) atoms. The molecule has 0 unspecified atom stereocenters. The van der Waals surface area contributed by atoms with E-state index >= 15 is 0 Å². The third kappa shape index (κ3) is 15.1. The smallest absolute Gasteiger partial charge is 0.406 e. The number of allylic oxidation sites excluding steroid dienone is 7. The monoisotopic (exact) mass is 336 g/mol. The second-order valence-corrected chi connectivity index (χ2v) is 5.75. The first kappa shape index (κ1) is 22.2. The average molecular weight is 336 g/mol. The molecule has 0 aromatic carbocycles. The lowest BCUT2D eigenvalue weighted by Gasteiger charge is -2.00. The van der Waals surface area contributed by atoms with Crippen LogP contribution in [0.5, 0.6) is 0 Å². The second kappa shape index (κ2) is 17.5. The highest BCUT2D eigenvalue weighted by molar-refractivity contribution is 5.85. The molecule has 0 spiro atoms. The molecule has 4 nitrogen and oxygen atoms in total. The van der Waals surface area contributed by atoms with Crippen molar-refractivity contribution in [2.24, 2.45) is 0 Å². The predicted octanol–water partition coefficient (Wildman–Crippen LogP) is 6.03. The van der Waals surface area contributed by atoms with E-state index in [-0.39, 0.29) is 0 Å². The van der Waals surface area contributed by atoms with Gasteiger partial charge in [-0.05, 0) is 18.9 Å². The molecule has 0 atom stereocenters. The van der Waals surface area contributed by atoms with Crippen LogP contribution in [-0.2, 0) is 9.68 Å². The summed E-state index contributed by atoms with van der Waals surface area (Å²) in [5.74, 6) is -1.83. The molecular weight excluding hydrogens is 304 g/mol. The Morgan fingerprint density at radius 1 is 0.833 bits per heavy atom. The van der Waals surface area contributed by atoms with Crippen LogP contribution >= 0.6 is 0 Å². The van der Waals surface area contributed by atoms with Gasteiger partial charge in [0.25, 0.3) is 0 Å². The third-order valence-electron chi connectivity index (χ3n) is 3.60. The van der Waals surface area contributed by atoms with E-state index < -0.39 is 11.7 Å². The van der Waals surface area contributed by atoms with E-state index in [0.29, 0.717) is 0 Å². The van der Waals surface area contributed by atoms with Gasteiger partial charge in [0.15, 0.2) is 0 Å². The molecule has 136 valence electrons. The van der Waals surface area contributed by atoms with Crippen LogP contribution in [0, 0.1) is 0 Å². The van der Waals surface area contributed by atoms with Crippen molar-refractivity contribution in [2.45, 2.75) is 71.1 Å². The minimum atomic E-state index is -1.18. The van der Waals surface area contributed by atoms with Crippen LogP contribution in [0.1, 0.15) is 71.1 Å². The van der Waals surface area contributed by atoms with Gasteiger partial charge in [0.05, 0.1) is 0 Å². The van der Waals surface area contributed by atoms with Gasteiger partial charge in [0.2, 0.25) is 5.76 Å². The maximum Gasteiger partial charge on any atom is 0.406 e. The van der Waals surface area contributed by atoms with Crippen LogP contribution in [0.15, 0.2) is 48.3 Å². The molecule has 2 N–H and O–H groups in total. The van der Waals surface area contributed by atoms with E-state index in [1.54, 1.807) is 12.2 Å². The molecule has 0 radical (unpaired) electrons. The Morgan fingerprint density at radius 3 is 2.00 bits per heavy atom. The SMILES string of the molecule is CCCCCCCCCCCC=CC=CC=CC=C(O)C(=O)OO. The van der Waals surface area contributed by atoms with Crippen LogP contribution < -0.4 is 0 Å². The summed E-state index contributed by atoms with van der Waals surface area (Å²) in [5.41, 5.74) is 0. The van der Waals surface area contributed by atoms with Crippen LogP contribution in [0.2, 0.25) is 0 Å². The molecule has 0 aliphatic carbocycles. The maximum absolute atomic E-state index is 10.6. The topological polar surface area (TPSA) is 66.8 Å². The number of hydrogen-bond acceptors (Lipinski definition) is 4. The lowest BCUT2D eigenvalue weighted by atomic mass is 10.1. The van der Waals surface area contributed by atoms with Gasteiger partial charge in [-0.15, -0.1) is 0 Å². The maximum atomic E-state index is 10.6. The van der Waals surface area contributed by atoms with Gasteiger partial charge >= 0.3 is 5.97 Å². The van der Waals surface area contributed by atoms with Crippen molar-refractivity contribution < 1.29 is 20.0 Å². The molecule has 0 saturated heterocycles. The van der Waals surface area contributed by atoms with Crippen LogP contribution in [0.3, 0.4) is 0 Å². The minimum Gasteiger partial charge on any atom is -0.502 e. The van der Waals surface area contributed by atoms with E-state index in [0.717, 1.165) is 12.5 Å². The fraction of sp³-hybridized carbons (Fsp3) is 0.550.